The molecule has 132 valence electrons. The molecule has 6 nitrogen and oxygen atoms in total. The first-order chi connectivity index (χ1) is 11.5. The zero-order chi connectivity index (χ0) is 17.6. The Morgan fingerprint density at radius 1 is 1.42 bits per heavy atom. The van der Waals surface area contributed by atoms with E-state index in [1.54, 1.807) is 24.3 Å². The molecule has 1 aromatic carbocycles. The van der Waals surface area contributed by atoms with Gasteiger partial charge in [0, 0.05) is 12.6 Å². The van der Waals surface area contributed by atoms with E-state index in [9.17, 15) is 14.5 Å². The minimum Gasteiger partial charge on any atom is -0.478 e. The zero-order valence-electron chi connectivity index (χ0n) is 13.8. The fourth-order valence-electron chi connectivity index (χ4n) is 2.82. The lowest BCUT2D eigenvalue weighted by molar-refractivity contribution is -0.0884. The Hall–Kier alpha value is -1.33. The number of carboxylic acid groups (broad SMARTS) is 1. The average Bonchev–Trinajstić information content (AvgIpc) is 2.60. The van der Waals surface area contributed by atoms with Crippen molar-refractivity contribution in [2.75, 3.05) is 13.2 Å². The summed E-state index contributed by atoms with van der Waals surface area (Å²) in [7, 11) is -0.299. The van der Waals surface area contributed by atoms with Crippen molar-refractivity contribution in [1.29, 1.82) is 0 Å². The maximum Gasteiger partial charge on any atom is 0.335 e. The quantitative estimate of drug-likeness (QED) is 0.622. The zero-order valence-corrected chi connectivity index (χ0v) is 14.7. The van der Waals surface area contributed by atoms with Gasteiger partial charge in [-0.25, -0.2) is 4.79 Å². The molecule has 3 N–H and O–H groups in total. The molecule has 1 aliphatic heterocycles. The number of aliphatic hydroxyl groups is 1. The van der Waals surface area contributed by atoms with E-state index >= 15 is 0 Å². The minimum atomic E-state index is -1.34. The van der Waals surface area contributed by atoms with Gasteiger partial charge in [0.25, 0.3) is 0 Å². The van der Waals surface area contributed by atoms with Crippen LogP contribution in [0.3, 0.4) is 0 Å². The number of benzene rings is 1. The van der Waals surface area contributed by atoms with E-state index in [0.29, 0.717) is 26.0 Å². The van der Waals surface area contributed by atoms with Gasteiger partial charge in [-0.15, -0.1) is 0 Å². The molecule has 0 radical (unpaired) electrons. The number of carbonyl (C=O) groups is 1. The summed E-state index contributed by atoms with van der Waals surface area (Å²) in [4.78, 5) is 10.9. The normalized spacial score (nSPS) is 23.8. The molecule has 3 atom stereocenters. The van der Waals surface area contributed by atoms with Crippen molar-refractivity contribution in [2.45, 2.75) is 50.1 Å². The van der Waals surface area contributed by atoms with Crippen molar-refractivity contribution in [3.63, 3.8) is 0 Å². The summed E-state index contributed by atoms with van der Waals surface area (Å²) in [6, 6.07) is 6.85. The van der Waals surface area contributed by atoms with Crippen molar-refractivity contribution in [3.8, 4) is 0 Å². The second-order valence-corrected chi connectivity index (χ2v) is 7.16. The predicted molar refractivity (Wildman–Crippen MR) is 90.7 cm³/mol. The fourth-order valence-corrected chi connectivity index (χ4v) is 3.35. The molecular formula is C17H24NO5P. The summed E-state index contributed by atoms with van der Waals surface area (Å²) in [5.41, 5.74) is 1.28. The molecule has 24 heavy (non-hydrogen) atoms. The molecule has 2 rings (SSSR count). The van der Waals surface area contributed by atoms with Crippen molar-refractivity contribution in [2.24, 2.45) is 0 Å². The van der Waals surface area contributed by atoms with Gasteiger partial charge in [-0.05, 0) is 37.0 Å². The van der Waals surface area contributed by atoms with E-state index in [1.807, 2.05) is 6.92 Å². The number of ether oxygens (including phenoxy) is 1. The molecule has 1 heterocycles. The summed E-state index contributed by atoms with van der Waals surface area (Å²) in [5, 5.41) is 21.4. The standard InChI is InChI=1S/C17H24NO5P/c1-2-3-8-17(21,24-22)15-10-18-14(11-23-15)9-12-4-6-13(7-5-12)16(19)20/h4-7,14-15,18,21H,2-3,8-11H2,1H3,(H,19,20)/t14-,15-,17?/m1/s1. The highest BCUT2D eigenvalue weighted by atomic mass is 31.1. The Balaban J connectivity index is 1.88. The maximum atomic E-state index is 11.4. The monoisotopic (exact) mass is 353 g/mol. The van der Waals surface area contributed by atoms with Crippen LogP contribution >= 0.6 is 8.46 Å². The fraction of sp³-hybridized carbons (Fsp3) is 0.588. The second-order valence-electron chi connectivity index (χ2n) is 6.21. The van der Waals surface area contributed by atoms with Gasteiger partial charge in [0.2, 0.25) is 0 Å². The molecule has 0 saturated carbocycles. The van der Waals surface area contributed by atoms with Crippen molar-refractivity contribution < 1.29 is 24.3 Å². The minimum absolute atomic E-state index is 0.0793. The van der Waals surface area contributed by atoms with Crippen molar-refractivity contribution in [1.82, 2.24) is 5.32 Å². The molecule has 0 aromatic heterocycles. The second kappa shape index (κ2) is 8.67. The van der Waals surface area contributed by atoms with E-state index in [1.165, 1.54) is 0 Å². The highest BCUT2D eigenvalue weighted by Gasteiger charge is 2.40. The molecule has 1 aliphatic rings. The van der Waals surface area contributed by atoms with Gasteiger partial charge in [-0.2, -0.15) is 0 Å². The van der Waals surface area contributed by atoms with Crippen LogP contribution in [0.2, 0.25) is 0 Å². The summed E-state index contributed by atoms with van der Waals surface area (Å²) in [6.45, 7) is 2.87. The van der Waals surface area contributed by atoms with Gasteiger partial charge < -0.3 is 20.3 Å². The van der Waals surface area contributed by atoms with Crippen LogP contribution in [0.4, 0.5) is 0 Å². The van der Waals surface area contributed by atoms with E-state index in [0.717, 1.165) is 18.4 Å². The number of morpholine rings is 1. The highest BCUT2D eigenvalue weighted by Crippen LogP contribution is 2.33. The number of hydrogen-bond donors (Lipinski definition) is 3. The maximum absolute atomic E-state index is 11.4. The van der Waals surface area contributed by atoms with E-state index in [-0.39, 0.29) is 20.1 Å². The molecule has 0 amide bonds. The van der Waals surface area contributed by atoms with E-state index in [2.05, 4.69) is 5.32 Å². The van der Waals surface area contributed by atoms with Crippen LogP contribution in [0.5, 0.6) is 0 Å². The largest absolute Gasteiger partial charge is 0.478 e. The van der Waals surface area contributed by atoms with Gasteiger partial charge in [-0.3, -0.25) is 4.57 Å². The Kier molecular flexibility index (Phi) is 6.87. The Morgan fingerprint density at radius 3 is 2.62 bits per heavy atom. The lowest BCUT2D eigenvalue weighted by atomic mass is 10.0. The lowest BCUT2D eigenvalue weighted by Crippen LogP contribution is -2.54. The number of unbranched alkanes of at least 4 members (excludes halogenated alkanes) is 1. The van der Waals surface area contributed by atoms with Crippen LogP contribution < -0.4 is 5.32 Å². The van der Waals surface area contributed by atoms with E-state index in [4.69, 9.17) is 9.84 Å². The molecule has 1 aromatic rings. The highest BCUT2D eigenvalue weighted by molar-refractivity contribution is 7.25. The molecule has 1 unspecified atom stereocenters. The lowest BCUT2D eigenvalue weighted by Gasteiger charge is -2.37. The Bertz CT molecular complexity index is 557. The first-order valence-corrected chi connectivity index (χ1v) is 9.04. The van der Waals surface area contributed by atoms with Crippen molar-refractivity contribution >= 4 is 14.4 Å². The Labute approximate surface area is 143 Å². The van der Waals surface area contributed by atoms with Crippen LogP contribution in [-0.2, 0) is 15.7 Å². The molecule has 7 heteroatoms. The summed E-state index contributed by atoms with van der Waals surface area (Å²) in [5.74, 6) is -0.938. The van der Waals surface area contributed by atoms with Crippen LogP contribution in [-0.4, -0.2) is 46.8 Å². The summed E-state index contributed by atoms with van der Waals surface area (Å²) in [6.07, 6.45) is 2.38. The first-order valence-electron chi connectivity index (χ1n) is 8.22. The number of aromatic carboxylic acids is 1. The predicted octanol–water partition coefficient (Wildman–Crippen LogP) is 2.45. The molecular weight excluding hydrogens is 329 g/mol. The first kappa shape index (κ1) is 19.0. The van der Waals surface area contributed by atoms with Gasteiger partial charge in [0.05, 0.1) is 12.2 Å². The van der Waals surface area contributed by atoms with Gasteiger partial charge in [0.15, 0.2) is 13.8 Å². The van der Waals surface area contributed by atoms with Crippen LogP contribution in [0.15, 0.2) is 24.3 Å². The smallest absolute Gasteiger partial charge is 0.335 e. The van der Waals surface area contributed by atoms with Gasteiger partial charge in [-0.1, -0.05) is 25.5 Å². The van der Waals surface area contributed by atoms with Crippen molar-refractivity contribution in [3.05, 3.63) is 35.4 Å². The molecule has 0 spiro atoms. The van der Waals surface area contributed by atoms with E-state index < -0.39 is 17.4 Å². The van der Waals surface area contributed by atoms with Crippen LogP contribution in [0.25, 0.3) is 0 Å². The van der Waals surface area contributed by atoms with Gasteiger partial charge >= 0.3 is 5.97 Å². The van der Waals surface area contributed by atoms with Crippen LogP contribution in [0.1, 0.15) is 42.1 Å². The summed E-state index contributed by atoms with van der Waals surface area (Å²) < 4.78 is 17.1. The third-order valence-corrected chi connectivity index (χ3v) is 5.17. The SMILES string of the molecule is CCCCC(O)(P=O)[C@H]1CN[C@H](Cc2ccc(C(=O)O)cc2)CO1. The molecule has 0 bridgehead atoms. The molecule has 1 fully saturated rings. The third kappa shape index (κ3) is 4.84. The number of rotatable bonds is 8. The number of nitrogens with one attached hydrogen (secondary N) is 1. The van der Waals surface area contributed by atoms with Crippen LogP contribution in [0, 0.1) is 0 Å². The third-order valence-electron chi connectivity index (χ3n) is 4.35. The Morgan fingerprint density at radius 2 is 2.12 bits per heavy atom. The number of hydrogen-bond acceptors (Lipinski definition) is 5. The molecule has 0 aliphatic carbocycles. The molecule has 1 saturated heterocycles. The van der Waals surface area contributed by atoms with Gasteiger partial charge in [0.1, 0.15) is 6.10 Å². The topological polar surface area (TPSA) is 95.9 Å². The average molecular weight is 353 g/mol. The number of carboxylic acids is 1. The summed E-state index contributed by atoms with van der Waals surface area (Å²) >= 11 is 0.